The van der Waals surface area contributed by atoms with Gasteiger partial charge in [-0.2, -0.15) is 0 Å². The number of rotatable bonds is 3. The molecule has 5 nitrogen and oxygen atoms in total. The first-order valence-electron chi connectivity index (χ1n) is 15.7. The van der Waals surface area contributed by atoms with Crippen LogP contribution in [0.25, 0.3) is 50.2 Å². The number of aryl methyl sites for hydroxylation is 1. The van der Waals surface area contributed by atoms with Crippen LogP contribution in [0, 0.1) is 6.92 Å². The second-order valence-electron chi connectivity index (χ2n) is 12.7. The molecule has 5 heteroatoms. The second-order valence-corrected chi connectivity index (χ2v) is 12.7. The highest BCUT2D eigenvalue weighted by atomic mass is 16.3. The average molecular weight is 584 g/mol. The lowest BCUT2D eigenvalue weighted by Crippen LogP contribution is -2.27. The molecule has 0 aliphatic heterocycles. The van der Waals surface area contributed by atoms with E-state index in [0.29, 0.717) is 11.6 Å². The summed E-state index contributed by atoms with van der Waals surface area (Å²) >= 11 is 0. The molecular weight excluding hydrogens is 554 g/mol. The van der Waals surface area contributed by atoms with E-state index in [9.17, 15) is 0 Å². The van der Waals surface area contributed by atoms with Crippen molar-refractivity contribution < 1.29 is 8.83 Å². The maximum Gasteiger partial charge on any atom is 0.227 e. The Morgan fingerprint density at radius 2 is 1.53 bits per heavy atom. The molecule has 0 saturated heterocycles. The highest BCUT2D eigenvalue weighted by Crippen LogP contribution is 2.58. The molecule has 4 aromatic carbocycles. The quantitative estimate of drug-likeness (QED) is 0.208. The van der Waals surface area contributed by atoms with E-state index >= 15 is 0 Å². The molecule has 45 heavy (non-hydrogen) atoms. The number of pyridine rings is 1. The molecule has 216 valence electrons. The monoisotopic (exact) mass is 583 g/mol. The molecule has 11 rings (SSSR count). The van der Waals surface area contributed by atoms with E-state index in [1.165, 1.54) is 33.4 Å². The largest absolute Gasteiger partial charge is 0.468 e. The number of aromatic nitrogens is 3. The summed E-state index contributed by atoms with van der Waals surface area (Å²) in [5.41, 5.74) is 14.4. The Labute approximate surface area is 259 Å². The molecule has 0 amide bonds. The van der Waals surface area contributed by atoms with E-state index in [4.69, 9.17) is 18.8 Å². The van der Waals surface area contributed by atoms with Gasteiger partial charge in [0.25, 0.3) is 0 Å². The van der Waals surface area contributed by atoms with Crippen molar-refractivity contribution in [2.75, 3.05) is 0 Å². The van der Waals surface area contributed by atoms with Crippen LogP contribution in [-0.2, 0) is 0 Å². The molecule has 0 saturated carbocycles. The van der Waals surface area contributed by atoms with E-state index in [1.807, 2.05) is 19.3 Å². The normalized spacial score (nSPS) is 16.5. The van der Waals surface area contributed by atoms with Crippen LogP contribution < -0.4 is 0 Å². The summed E-state index contributed by atoms with van der Waals surface area (Å²) in [5.74, 6) is 2.36. The number of para-hydroxylation sites is 2. The zero-order chi connectivity index (χ0) is 30.0. The van der Waals surface area contributed by atoms with Gasteiger partial charge in [-0.3, -0.25) is 4.57 Å². The third-order valence-electron chi connectivity index (χ3n) is 9.95. The van der Waals surface area contributed by atoms with Crippen molar-refractivity contribution in [2.24, 2.45) is 0 Å². The van der Waals surface area contributed by atoms with Gasteiger partial charge in [-0.1, -0.05) is 74.5 Å². The number of benzene rings is 4. The summed E-state index contributed by atoms with van der Waals surface area (Å²) in [7, 11) is 0. The van der Waals surface area contributed by atoms with E-state index < -0.39 is 0 Å². The van der Waals surface area contributed by atoms with E-state index in [0.717, 1.165) is 55.9 Å². The van der Waals surface area contributed by atoms with Crippen LogP contribution in [0.4, 0.5) is 0 Å². The molecular formula is C40H29N3O2. The fourth-order valence-electron chi connectivity index (χ4n) is 8.07. The van der Waals surface area contributed by atoms with Gasteiger partial charge < -0.3 is 8.83 Å². The minimum absolute atomic E-state index is 0.0517. The van der Waals surface area contributed by atoms with Crippen molar-refractivity contribution in [1.29, 1.82) is 0 Å². The van der Waals surface area contributed by atoms with Gasteiger partial charge in [0.1, 0.15) is 17.2 Å². The van der Waals surface area contributed by atoms with Gasteiger partial charge in [0.05, 0.1) is 34.5 Å². The van der Waals surface area contributed by atoms with Crippen LogP contribution >= 0.6 is 0 Å². The molecule has 0 spiro atoms. The highest BCUT2D eigenvalue weighted by molar-refractivity contribution is 6.08. The van der Waals surface area contributed by atoms with Crippen LogP contribution in [0.15, 0.2) is 112 Å². The Bertz CT molecular complexity index is 2510. The van der Waals surface area contributed by atoms with Crippen molar-refractivity contribution in [1.82, 2.24) is 14.5 Å². The number of fused-ring (bicyclic) bond motifs is 4. The second kappa shape index (κ2) is 8.82. The maximum atomic E-state index is 6.55. The molecule has 0 N–H and O–H groups in total. The zero-order valence-corrected chi connectivity index (χ0v) is 25.2. The van der Waals surface area contributed by atoms with Crippen LogP contribution in [-0.4, -0.2) is 14.5 Å². The number of hydrogen-bond acceptors (Lipinski definition) is 4. The predicted octanol–water partition coefficient (Wildman–Crippen LogP) is 10.00. The van der Waals surface area contributed by atoms with Gasteiger partial charge in [-0.05, 0) is 77.1 Å². The summed E-state index contributed by atoms with van der Waals surface area (Å²) in [6, 6.07) is 34.8. The highest BCUT2D eigenvalue weighted by Gasteiger charge is 2.45. The van der Waals surface area contributed by atoms with E-state index in [-0.39, 0.29) is 11.8 Å². The summed E-state index contributed by atoms with van der Waals surface area (Å²) < 4.78 is 15.2. The fourth-order valence-corrected chi connectivity index (χ4v) is 8.07. The maximum absolute atomic E-state index is 6.55. The minimum Gasteiger partial charge on any atom is -0.468 e. The lowest BCUT2D eigenvalue weighted by molar-refractivity contribution is 0.482. The predicted molar refractivity (Wildman–Crippen MR) is 177 cm³/mol. The Morgan fingerprint density at radius 1 is 0.711 bits per heavy atom. The first kappa shape index (κ1) is 25.0. The summed E-state index contributed by atoms with van der Waals surface area (Å²) in [6.07, 6.45) is 1.86. The van der Waals surface area contributed by atoms with Crippen molar-refractivity contribution in [3.05, 3.63) is 148 Å². The fraction of sp³-hybridized carbons (Fsp3) is 0.150. The third-order valence-corrected chi connectivity index (χ3v) is 9.95. The summed E-state index contributed by atoms with van der Waals surface area (Å²) in [6.45, 7) is 6.52. The summed E-state index contributed by atoms with van der Waals surface area (Å²) in [4.78, 5) is 10.2. The number of furan rings is 2. The number of hydrogen-bond donors (Lipinski definition) is 0. The number of nitrogens with zero attached hydrogens (tertiary/aromatic N) is 3. The molecule has 3 aliphatic carbocycles. The van der Waals surface area contributed by atoms with Gasteiger partial charge in [-0.25, -0.2) is 9.97 Å². The molecule has 0 radical (unpaired) electrons. The molecule has 2 unspecified atom stereocenters. The van der Waals surface area contributed by atoms with Gasteiger partial charge in [0.15, 0.2) is 0 Å². The Morgan fingerprint density at radius 3 is 2.40 bits per heavy atom. The third kappa shape index (κ3) is 3.22. The zero-order valence-electron chi connectivity index (χ0n) is 25.2. The molecule has 4 heterocycles. The topological polar surface area (TPSA) is 57.0 Å². The van der Waals surface area contributed by atoms with E-state index in [2.05, 4.69) is 109 Å². The Balaban J connectivity index is 1.36. The van der Waals surface area contributed by atoms with Crippen molar-refractivity contribution >= 4 is 33.1 Å². The smallest absolute Gasteiger partial charge is 0.227 e. The van der Waals surface area contributed by atoms with Crippen molar-refractivity contribution in [3.8, 4) is 17.1 Å². The molecule has 0 fully saturated rings. The Hall–Kier alpha value is -5.42. The number of imidazole rings is 1. The van der Waals surface area contributed by atoms with Crippen molar-refractivity contribution in [2.45, 2.75) is 38.5 Å². The molecule has 2 atom stereocenters. The van der Waals surface area contributed by atoms with Gasteiger partial charge in [0.2, 0.25) is 5.71 Å². The molecule has 3 aliphatic rings. The van der Waals surface area contributed by atoms with Crippen LogP contribution in [0.3, 0.4) is 0 Å². The van der Waals surface area contributed by atoms with Crippen molar-refractivity contribution in [3.63, 3.8) is 0 Å². The van der Waals surface area contributed by atoms with E-state index in [1.54, 1.807) is 0 Å². The van der Waals surface area contributed by atoms with Crippen LogP contribution in [0.1, 0.15) is 76.4 Å². The minimum atomic E-state index is 0.0517. The molecule has 2 bridgehead atoms. The first-order valence-corrected chi connectivity index (χ1v) is 15.7. The van der Waals surface area contributed by atoms with Gasteiger partial charge in [-0.15, -0.1) is 0 Å². The summed E-state index contributed by atoms with van der Waals surface area (Å²) in [5, 5.41) is 2.06. The SMILES string of the molecule is Cc1ccc2c(n1)oc1c(-c3nc4ccc5c(c4n3-c3ccccc3C(C)C)C3c4ccccc4C5c4occc43)cccc12. The molecule has 4 aromatic heterocycles. The Kier molecular flexibility index (Phi) is 4.89. The standard InChI is InChI=1S/C40H29N3O2/c1-21(2)23-9-6-7-14-32(23)43-36-31(42-39(43)30-13-8-12-26-27-16-15-22(3)41-40(27)45-37(26)30)18-17-28-34-25-11-5-4-10-24(25)33(35(28)36)29-19-20-44-38(29)34/h4-21,33-34H,1-3H3. The van der Waals surface area contributed by atoms with Crippen LogP contribution in [0.2, 0.25) is 0 Å². The lowest BCUT2D eigenvalue weighted by atomic mass is 9.63. The van der Waals surface area contributed by atoms with Gasteiger partial charge >= 0.3 is 0 Å². The average Bonchev–Trinajstić information content (AvgIpc) is 3.80. The first-order chi connectivity index (χ1) is 22.1. The van der Waals surface area contributed by atoms with Gasteiger partial charge in [0, 0.05) is 27.9 Å². The lowest BCUT2D eigenvalue weighted by Gasteiger charge is -2.39. The molecule has 8 aromatic rings. The van der Waals surface area contributed by atoms with Crippen LogP contribution in [0.5, 0.6) is 0 Å².